The summed E-state index contributed by atoms with van der Waals surface area (Å²) in [4.78, 5) is 14.7. The molecule has 26 heavy (non-hydrogen) atoms. The second kappa shape index (κ2) is 6.80. The van der Waals surface area contributed by atoms with Crippen LogP contribution < -0.4 is 5.73 Å². The fourth-order valence-corrected chi connectivity index (χ4v) is 3.97. The second-order valence-electron chi connectivity index (χ2n) is 7.38. The topological polar surface area (TPSA) is 46.3 Å². The van der Waals surface area contributed by atoms with Gasteiger partial charge in [0.05, 0.1) is 12.1 Å². The second-order valence-corrected chi connectivity index (χ2v) is 7.38. The van der Waals surface area contributed by atoms with Gasteiger partial charge in [-0.05, 0) is 54.5 Å². The smallest absolute Gasteiger partial charge is 0.240 e. The minimum Gasteiger partial charge on any atom is -0.334 e. The molecule has 1 unspecified atom stereocenters. The standard InChI is InChI=1S/C21H22F2N2O/c22-16-8-9-18(23)17(11-16)15-10-19(13-4-2-1-3-5-13)25(12-15)21(26)20(24)14-6-7-14/h1-5,8-9,11,14-15,19-20H,6-7,10,12,24H2/t15?,19-,20-/m0/s1. The van der Waals surface area contributed by atoms with E-state index >= 15 is 0 Å². The number of carbonyl (C=O) groups is 1. The van der Waals surface area contributed by atoms with Crippen LogP contribution in [0.5, 0.6) is 0 Å². The van der Waals surface area contributed by atoms with E-state index in [1.165, 1.54) is 6.07 Å². The number of nitrogens with two attached hydrogens (primary N) is 1. The Labute approximate surface area is 151 Å². The summed E-state index contributed by atoms with van der Waals surface area (Å²) in [5.74, 6) is -0.961. The molecule has 0 aromatic heterocycles. The van der Waals surface area contributed by atoms with E-state index in [4.69, 9.17) is 5.73 Å². The lowest BCUT2D eigenvalue weighted by Crippen LogP contribution is -2.44. The predicted molar refractivity (Wildman–Crippen MR) is 95.3 cm³/mol. The summed E-state index contributed by atoms with van der Waals surface area (Å²) in [6.45, 7) is 0.360. The van der Waals surface area contributed by atoms with Crippen LogP contribution in [0, 0.1) is 17.6 Å². The highest BCUT2D eigenvalue weighted by molar-refractivity contribution is 5.83. The van der Waals surface area contributed by atoms with Crippen molar-refractivity contribution in [2.75, 3.05) is 6.54 Å². The van der Waals surface area contributed by atoms with Crippen molar-refractivity contribution in [1.82, 2.24) is 4.90 Å². The van der Waals surface area contributed by atoms with Gasteiger partial charge in [0, 0.05) is 12.5 Å². The lowest BCUT2D eigenvalue weighted by atomic mass is 9.93. The van der Waals surface area contributed by atoms with E-state index in [1.54, 1.807) is 4.90 Å². The van der Waals surface area contributed by atoms with Gasteiger partial charge in [0.15, 0.2) is 0 Å². The Hall–Kier alpha value is -2.27. The number of hydrogen-bond donors (Lipinski definition) is 1. The number of halogens is 2. The van der Waals surface area contributed by atoms with E-state index in [0.717, 1.165) is 30.5 Å². The Morgan fingerprint density at radius 1 is 1.12 bits per heavy atom. The number of carbonyl (C=O) groups excluding carboxylic acids is 1. The largest absolute Gasteiger partial charge is 0.334 e. The van der Waals surface area contributed by atoms with Crippen LogP contribution in [-0.4, -0.2) is 23.4 Å². The van der Waals surface area contributed by atoms with Crippen molar-refractivity contribution in [2.45, 2.75) is 37.3 Å². The van der Waals surface area contributed by atoms with E-state index in [-0.39, 0.29) is 23.8 Å². The maximum absolute atomic E-state index is 14.3. The molecule has 2 N–H and O–H groups in total. The highest BCUT2D eigenvalue weighted by Gasteiger charge is 2.43. The van der Waals surface area contributed by atoms with Gasteiger partial charge in [-0.25, -0.2) is 8.78 Å². The molecule has 1 aliphatic heterocycles. The molecule has 2 fully saturated rings. The quantitative estimate of drug-likeness (QED) is 0.907. The van der Waals surface area contributed by atoms with Crippen LogP contribution in [0.3, 0.4) is 0 Å². The molecular formula is C21H22F2N2O. The number of likely N-dealkylation sites (tertiary alicyclic amines) is 1. The summed E-state index contributed by atoms with van der Waals surface area (Å²) < 4.78 is 27.9. The van der Waals surface area contributed by atoms with Gasteiger partial charge >= 0.3 is 0 Å². The first kappa shape index (κ1) is 17.2. The zero-order chi connectivity index (χ0) is 18.3. The molecule has 0 bridgehead atoms. The van der Waals surface area contributed by atoms with Crippen molar-refractivity contribution in [3.05, 3.63) is 71.3 Å². The number of nitrogens with zero attached hydrogens (tertiary/aromatic N) is 1. The van der Waals surface area contributed by atoms with Crippen molar-refractivity contribution in [2.24, 2.45) is 11.7 Å². The van der Waals surface area contributed by atoms with Gasteiger partial charge in [-0.3, -0.25) is 4.79 Å². The van der Waals surface area contributed by atoms with E-state index in [9.17, 15) is 13.6 Å². The number of hydrogen-bond acceptors (Lipinski definition) is 2. The molecule has 1 saturated carbocycles. The van der Waals surface area contributed by atoms with Gasteiger partial charge in [-0.1, -0.05) is 30.3 Å². The maximum Gasteiger partial charge on any atom is 0.240 e. The van der Waals surface area contributed by atoms with Crippen LogP contribution in [-0.2, 0) is 4.79 Å². The SMILES string of the molecule is N[C@H](C(=O)N1CC(c2cc(F)ccc2F)C[C@H]1c1ccccc1)C1CC1. The zero-order valence-electron chi connectivity index (χ0n) is 14.4. The molecule has 2 aliphatic rings. The fourth-order valence-electron chi connectivity index (χ4n) is 3.97. The first-order chi connectivity index (χ1) is 12.5. The minimum atomic E-state index is -0.502. The molecule has 0 radical (unpaired) electrons. The van der Waals surface area contributed by atoms with Crippen LogP contribution in [0.25, 0.3) is 0 Å². The third kappa shape index (κ3) is 3.23. The molecule has 1 saturated heterocycles. The van der Waals surface area contributed by atoms with Crippen LogP contribution in [0.2, 0.25) is 0 Å². The van der Waals surface area contributed by atoms with Crippen LogP contribution in [0.15, 0.2) is 48.5 Å². The number of benzene rings is 2. The van der Waals surface area contributed by atoms with E-state index in [1.807, 2.05) is 30.3 Å². The Kier molecular flexibility index (Phi) is 4.49. The fraction of sp³-hybridized carbons (Fsp3) is 0.381. The highest BCUT2D eigenvalue weighted by atomic mass is 19.1. The van der Waals surface area contributed by atoms with E-state index < -0.39 is 17.7 Å². The summed E-state index contributed by atoms with van der Waals surface area (Å²) >= 11 is 0. The van der Waals surface area contributed by atoms with Crippen LogP contribution in [0.4, 0.5) is 8.78 Å². The van der Waals surface area contributed by atoms with Gasteiger partial charge in [-0.15, -0.1) is 0 Å². The zero-order valence-corrected chi connectivity index (χ0v) is 14.4. The van der Waals surface area contributed by atoms with Gasteiger partial charge in [0.2, 0.25) is 5.91 Å². The summed E-state index contributed by atoms with van der Waals surface area (Å²) in [5.41, 5.74) is 7.49. The molecule has 1 aliphatic carbocycles. The van der Waals surface area contributed by atoms with Crippen LogP contribution >= 0.6 is 0 Å². The summed E-state index contributed by atoms with van der Waals surface area (Å²) in [5, 5.41) is 0. The minimum absolute atomic E-state index is 0.0827. The molecule has 0 spiro atoms. The monoisotopic (exact) mass is 356 g/mol. The van der Waals surface area contributed by atoms with Crippen molar-refractivity contribution >= 4 is 5.91 Å². The van der Waals surface area contributed by atoms with E-state index in [2.05, 4.69) is 0 Å². The normalized spacial score (nSPS) is 23.9. The summed E-state index contributed by atoms with van der Waals surface area (Å²) in [6, 6.07) is 12.6. The molecule has 3 nitrogen and oxygen atoms in total. The van der Waals surface area contributed by atoms with Crippen LogP contribution in [0.1, 0.15) is 42.3 Å². The average Bonchev–Trinajstić information content (AvgIpc) is 3.41. The summed E-state index contributed by atoms with van der Waals surface area (Å²) in [7, 11) is 0. The molecule has 1 heterocycles. The molecule has 2 aromatic rings. The Balaban J connectivity index is 1.66. The first-order valence-electron chi connectivity index (χ1n) is 9.10. The third-order valence-corrected chi connectivity index (χ3v) is 5.58. The lowest BCUT2D eigenvalue weighted by molar-refractivity contribution is -0.134. The first-order valence-corrected chi connectivity index (χ1v) is 9.10. The van der Waals surface area contributed by atoms with Crippen molar-refractivity contribution in [3.8, 4) is 0 Å². The molecule has 136 valence electrons. The molecule has 4 rings (SSSR count). The Morgan fingerprint density at radius 3 is 2.54 bits per heavy atom. The maximum atomic E-state index is 14.3. The van der Waals surface area contributed by atoms with Gasteiger partial charge in [-0.2, -0.15) is 0 Å². The number of rotatable bonds is 4. The molecular weight excluding hydrogens is 334 g/mol. The van der Waals surface area contributed by atoms with Crippen molar-refractivity contribution < 1.29 is 13.6 Å². The molecule has 3 atom stereocenters. The van der Waals surface area contributed by atoms with Crippen molar-refractivity contribution in [1.29, 1.82) is 0 Å². The molecule has 5 heteroatoms. The predicted octanol–water partition coefficient (Wildman–Crippen LogP) is 3.76. The Morgan fingerprint density at radius 2 is 1.85 bits per heavy atom. The number of amides is 1. The van der Waals surface area contributed by atoms with E-state index in [0.29, 0.717) is 18.5 Å². The Bertz CT molecular complexity index is 807. The molecule has 2 aromatic carbocycles. The molecule has 1 amide bonds. The van der Waals surface area contributed by atoms with Gasteiger partial charge in [0.25, 0.3) is 0 Å². The van der Waals surface area contributed by atoms with Gasteiger partial charge < -0.3 is 10.6 Å². The van der Waals surface area contributed by atoms with Gasteiger partial charge in [0.1, 0.15) is 11.6 Å². The third-order valence-electron chi connectivity index (χ3n) is 5.58. The van der Waals surface area contributed by atoms with Crippen molar-refractivity contribution in [3.63, 3.8) is 0 Å². The average molecular weight is 356 g/mol. The highest BCUT2D eigenvalue weighted by Crippen LogP contribution is 2.43. The lowest BCUT2D eigenvalue weighted by Gasteiger charge is -2.27. The summed E-state index contributed by atoms with van der Waals surface area (Å²) in [6.07, 6.45) is 2.53.